The van der Waals surface area contributed by atoms with Crippen LogP contribution < -0.4 is 0 Å². The molecule has 1 aliphatic heterocycles. The lowest BCUT2D eigenvalue weighted by molar-refractivity contribution is 0.510. The monoisotopic (exact) mass is 238 g/mol. The van der Waals surface area contributed by atoms with Crippen LogP contribution in [0, 0.1) is 0 Å². The summed E-state index contributed by atoms with van der Waals surface area (Å²) < 4.78 is 0. The average molecular weight is 239 g/mol. The Balaban J connectivity index is 1.92. The van der Waals surface area contributed by atoms with E-state index < -0.39 is 0 Å². The van der Waals surface area contributed by atoms with Gasteiger partial charge in [0.15, 0.2) is 0 Å². The largest absolute Gasteiger partial charge is 0.121 e. The van der Waals surface area contributed by atoms with Crippen LogP contribution in [0.2, 0.25) is 0 Å². The van der Waals surface area contributed by atoms with Crippen molar-refractivity contribution < 1.29 is 0 Å². The van der Waals surface area contributed by atoms with Crippen LogP contribution in [0.3, 0.4) is 0 Å². The second-order valence-electron chi connectivity index (χ2n) is 4.21. The van der Waals surface area contributed by atoms with E-state index in [0.29, 0.717) is 5.12 Å². The van der Waals surface area contributed by atoms with Crippen LogP contribution in [-0.4, -0.2) is 22.3 Å². The predicted octanol–water partition coefficient (Wildman–Crippen LogP) is 4.38. The Labute approximate surface area is 92.1 Å². The van der Waals surface area contributed by atoms with Crippen LogP contribution in [-0.2, 0) is 0 Å². The molecule has 3 heteroatoms. The molecule has 0 aromatic carbocycles. The Kier molecular flexibility index (Phi) is 3.79. The highest BCUT2D eigenvalue weighted by Gasteiger charge is 2.37. The molecule has 3 atom stereocenters. The second-order valence-corrected chi connectivity index (χ2v) is 8.30. The molecule has 3 unspecified atom stereocenters. The lowest BCUT2D eigenvalue weighted by atomic mass is 10.0. The Morgan fingerprint density at radius 3 is 2.15 bits per heavy atom. The van der Waals surface area contributed by atoms with E-state index in [-0.39, 0.29) is 13.3 Å². The summed E-state index contributed by atoms with van der Waals surface area (Å²) >= 11 is 12.5. The number of alkyl halides is 2. The van der Waals surface area contributed by atoms with Crippen molar-refractivity contribution in [2.24, 2.45) is 0 Å². The summed E-state index contributed by atoms with van der Waals surface area (Å²) in [6, 6.07) is 0. The molecule has 0 nitrogen and oxygen atoms in total. The predicted molar refractivity (Wildman–Crippen MR) is 62.6 cm³/mol. The first kappa shape index (κ1) is 10.5. The lowest BCUT2D eigenvalue weighted by Crippen LogP contribution is -2.15. The van der Waals surface area contributed by atoms with E-state index in [9.17, 15) is 0 Å². The Morgan fingerprint density at radius 2 is 1.62 bits per heavy atom. The molecule has 2 aliphatic rings. The molecular formula is C10H17Cl2P. The quantitative estimate of drug-likeness (QED) is 0.470. The summed E-state index contributed by atoms with van der Waals surface area (Å²) in [7, 11) is 0.0696. The second kappa shape index (κ2) is 4.69. The highest BCUT2D eigenvalue weighted by atomic mass is 35.5. The van der Waals surface area contributed by atoms with E-state index in [1.807, 2.05) is 0 Å². The van der Waals surface area contributed by atoms with Crippen molar-refractivity contribution in [2.45, 2.75) is 54.7 Å². The minimum Gasteiger partial charge on any atom is -0.121 e. The smallest absolute Gasteiger partial charge is 0.0698 e. The minimum absolute atomic E-state index is 0.0696. The summed E-state index contributed by atoms with van der Waals surface area (Å²) in [5, 5.41) is 0.592. The van der Waals surface area contributed by atoms with Gasteiger partial charge in [0.1, 0.15) is 0 Å². The summed E-state index contributed by atoms with van der Waals surface area (Å²) in [5.74, 6) is 0. The van der Waals surface area contributed by atoms with Crippen molar-refractivity contribution in [1.29, 1.82) is 0 Å². The third-order valence-electron chi connectivity index (χ3n) is 3.32. The van der Waals surface area contributed by atoms with Gasteiger partial charge < -0.3 is 0 Å². The third kappa shape index (κ3) is 2.33. The SMILES string of the molecule is ClC1CCP(C2CCCCC2)C1Cl. The zero-order chi connectivity index (χ0) is 9.26. The van der Waals surface area contributed by atoms with Crippen molar-refractivity contribution in [1.82, 2.24) is 0 Å². The van der Waals surface area contributed by atoms with E-state index in [4.69, 9.17) is 23.2 Å². The maximum Gasteiger partial charge on any atom is 0.0698 e. The molecule has 0 aromatic rings. The fraction of sp³-hybridized carbons (Fsp3) is 1.00. The summed E-state index contributed by atoms with van der Waals surface area (Å²) in [5.41, 5.74) is 0.954. The Bertz CT molecular complexity index is 168. The van der Waals surface area contributed by atoms with E-state index in [1.54, 1.807) is 0 Å². The van der Waals surface area contributed by atoms with Crippen molar-refractivity contribution in [3.8, 4) is 0 Å². The number of halogens is 2. The van der Waals surface area contributed by atoms with Gasteiger partial charge in [-0.05, 0) is 31.1 Å². The minimum atomic E-state index is 0.0696. The molecule has 0 amide bonds. The highest BCUT2D eigenvalue weighted by molar-refractivity contribution is 7.61. The molecule has 0 radical (unpaired) electrons. The van der Waals surface area contributed by atoms with Crippen LogP contribution in [0.4, 0.5) is 0 Å². The Morgan fingerprint density at radius 1 is 0.923 bits per heavy atom. The van der Waals surface area contributed by atoms with Gasteiger partial charge in [0.2, 0.25) is 0 Å². The molecule has 0 bridgehead atoms. The molecule has 1 saturated carbocycles. The molecular weight excluding hydrogens is 222 g/mol. The molecule has 0 spiro atoms. The molecule has 2 fully saturated rings. The molecule has 1 aliphatic carbocycles. The van der Waals surface area contributed by atoms with E-state index in [1.165, 1.54) is 38.3 Å². The molecule has 2 rings (SSSR count). The van der Waals surface area contributed by atoms with Gasteiger partial charge in [-0.1, -0.05) is 27.2 Å². The number of hydrogen-bond acceptors (Lipinski definition) is 0. The first-order valence-electron chi connectivity index (χ1n) is 5.33. The molecule has 13 heavy (non-hydrogen) atoms. The molecule has 1 heterocycles. The zero-order valence-corrected chi connectivity index (χ0v) is 10.3. The van der Waals surface area contributed by atoms with Gasteiger partial charge in [-0.3, -0.25) is 0 Å². The van der Waals surface area contributed by atoms with Crippen molar-refractivity contribution in [2.75, 3.05) is 6.16 Å². The average Bonchev–Trinajstić information content (AvgIpc) is 2.49. The van der Waals surface area contributed by atoms with Gasteiger partial charge in [-0.15, -0.1) is 23.2 Å². The topological polar surface area (TPSA) is 0 Å². The first-order valence-corrected chi connectivity index (χ1v) is 7.87. The van der Waals surface area contributed by atoms with Crippen LogP contribution >= 0.6 is 31.1 Å². The van der Waals surface area contributed by atoms with Gasteiger partial charge in [0.25, 0.3) is 0 Å². The maximum atomic E-state index is 6.36. The maximum absolute atomic E-state index is 6.36. The standard InChI is InChI=1S/C10H17Cl2P/c11-9-6-7-13(10(9)12)8-4-2-1-3-5-8/h8-10H,1-7H2. The third-order valence-corrected chi connectivity index (χ3v) is 8.38. The number of hydrogen-bond donors (Lipinski definition) is 0. The normalized spacial score (nSPS) is 42.5. The van der Waals surface area contributed by atoms with E-state index >= 15 is 0 Å². The van der Waals surface area contributed by atoms with Crippen LogP contribution in [0.1, 0.15) is 38.5 Å². The van der Waals surface area contributed by atoms with Gasteiger partial charge in [-0.25, -0.2) is 0 Å². The first-order chi connectivity index (χ1) is 6.29. The van der Waals surface area contributed by atoms with Crippen molar-refractivity contribution in [3.05, 3.63) is 0 Å². The summed E-state index contributed by atoms with van der Waals surface area (Å²) in [6.07, 6.45) is 9.66. The van der Waals surface area contributed by atoms with Crippen molar-refractivity contribution in [3.63, 3.8) is 0 Å². The lowest BCUT2D eigenvalue weighted by Gasteiger charge is -2.30. The Hall–Kier alpha value is 1.01. The van der Waals surface area contributed by atoms with Gasteiger partial charge >= 0.3 is 0 Å². The van der Waals surface area contributed by atoms with E-state index in [2.05, 4.69) is 0 Å². The summed E-state index contributed by atoms with van der Waals surface area (Å²) in [4.78, 5) is 0. The van der Waals surface area contributed by atoms with Gasteiger partial charge in [0.05, 0.1) is 10.5 Å². The molecule has 0 aromatic heterocycles. The van der Waals surface area contributed by atoms with Gasteiger partial charge in [0, 0.05) is 0 Å². The number of rotatable bonds is 1. The van der Waals surface area contributed by atoms with Crippen LogP contribution in [0.15, 0.2) is 0 Å². The van der Waals surface area contributed by atoms with Crippen molar-refractivity contribution >= 4 is 31.1 Å². The van der Waals surface area contributed by atoms with Gasteiger partial charge in [-0.2, -0.15) is 0 Å². The zero-order valence-electron chi connectivity index (χ0n) is 7.88. The fourth-order valence-corrected chi connectivity index (χ4v) is 7.31. The molecule has 76 valence electrons. The fourth-order valence-electron chi connectivity index (χ4n) is 2.54. The van der Waals surface area contributed by atoms with Crippen LogP contribution in [0.5, 0.6) is 0 Å². The van der Waals surface area contributed by atoms with Crippen LogP contribution in [0.25, 0.3) is 0 Å². The molecule has 1 saturated heterocycles. The highest BCUT2D eigenvalue weighted by Crippen LogP contribution is 2.60. The summed E-state index contributed by atoms with van der Waals surface area (Å²) in [6.45, 7) is 0. The van der Waals surface area contributed by atoms with E-state index in [0.717, 1.165) is 12.1 Å². The molecule has 0 N–H and O–H groups in total.